The molecule has 2 amide bonds. The first-order valence-corrected chi connectivity index (χ1v) is 9.60. The van der Waals surface area contributed by atoms with Gasteiger partial charge in [-0.3, -0.25) is 14.6 Å². The van der Waals surface area contributed by atoms with E-state index >= 15 is 0 Å². The minimum atomic E-state index is -0.607. The first kappa shape index (κ1) is 18.2. The van der Waals surface area contributed by atoms with Gasteiger partial charge < -0.3 is 19.7 Å². The zero-order valence-electron chi connectivity index (χ0n) is 16.2. The van der Waals surface area contributed by atoms with E-state index in [0.717, 1.165) is 5.56 Å². The van der Waals surface area contributed by atoms with E-state index in [1.165, 1.54) is 0 Å². The highest BCUT2D eigenvalue weighted by Gasteiger charge is 2.43. The number of pyridine rings is 1. The molecule has 0 radical (unpaired) electrons. The van der Waals surface area contributed by atoms with Crippen molar-refractivity contribution in [1.82, 2.24) is 9.88 Å². The Hall–Kier alpha value is -3.87. The summed E-state index contributed by atoms with van der Waals surface area (Å²) in [6.45, 7) is 0.159. The SMILES string of the molecule is CN1C(=O)c2ccccc2[C@@H](C(=O)Nc2cccnc2)[C@H]1c1ccc2c(c1)OCO2. The number of benzene rings is 2. The van der Waals surface area contributed by atoms with Crippen LogP contribution < -0.4 is 14.8 Å². The molecule has 0 saturated heterocycles. The molecule has 7 nitrogen and oxygen atoms in total. The Labute approximate surface area is 173 Å². The van der Waals surface area contributed by atoms with Crippen LogP contribution in [-0.4, -0.2) is 35.5 Å². The summed E-state index contributed by atoms with van der Waals surface area (Å²) >= 11 is 0. The highest BCUT2D eigenvalue weighted by Crippen LogP contribution is 2.45. The maximum Gasteiger partial charge on any atom is 0.254 e. The third-order valence-electron chi connectivity index (χ3n) is 5.53. The predicted molar refractivity (Wildman–Crippen MR) is 109 cm³/mol. The van der Waals surface area contributed by atoms with Gasteiger partial charge in [-0.25, -0.2) is 0 Å². The van der Waals surface area contributed by atoms with E-state index < -0.39 is 12.0 Å². The van der Waals surface area contributed by atoms with E-state index in [9.17, 15) is 9.59 Å². The first-order chi connectivity index (χ1) is 14.6. The molecule has 5 rings (SSSR count). The molecule has 7 heteroatoms. The second-order valence-electron chi connectivity index (χ2n) is 7.27. The van der Waals surface area contributed by atoms with Crippen LogP contribution in [0.15, 0.2) is 67.0 Å². The number of nitrogens with one attached hydrogen (secondary N) is 1. The Morgan fingerprint density at radius 1 is 1.10 bits per heavy atom. The zero-order valence-corrected chi connectivity index (χ0v) is 16.2. The average molecular weight is 401 g/mol. The summed E-state index contributed by atoms with van der Waals surface area (Å²) in [5, 5.41) is 2.94. The molecule has 150 valence electrons. The van der Waals surface area contributed by atoms with E-state index in [0.29, 0.717) is 28.3 Å². The van der Waals surface area contributed by atoms with Gasteiger partial charge in [0.15, 0.2) is 11.5 Å². The summed E-state index contributed by atoms with van der Waals surface area (Å²) < 4.78 is 10.9. The van der Waals surface area contributed by atoms with Crippen molar-refractivity contribution in [3.8, 4) is 11.5 Å². The molecule has 0 bridgehead atoms. The van der Waals surface area contributed by atoms with Gasteiger partial charge in [0, 0.05) is 18.8 Å². The van der Waals surface area contributed by atoms with Crippen molar-refractivity contribution in [3.63, 3.8) is 0 Å². The van der Waals surface area contributed by atoms with Gasteiger partial charge in [-0.2, -0.15) is 0 Å². The summed E-state index contributed by atoms with van der Waals surface area (Å²) in [7, 11) is 1.72. The Morgan fingerprint density at radius 2 is 1.93 bits per heavy atom. The number of anilines is 1. The zero-order chi connectivity index (χ0) is 20.7. The van der Waals surface area contributed by atoms with Crippen molar-refractivity contribution in [2.75, 3.05) is 19.2 Å². The van der Waals surface area contributed by atoms with Gasteiger partial charge in [-0.1, -0.05) is 24.3 Å². The van der Waals surface area contributed by atoms with Gasteiger partial charge in [0.05, 0.1) is 23.8 Å². The minimum absolute atomic E-state index is 0.126. The van der Waals surface area contributed by atoms with Crippen LogP contribution >= 0.6 is 0 Å². The monoisotopic (exact) mass is 401 g/mol. The second-order valence-corrected chi connectivity index (χ2v) is 7.27. The minimum Gasteiger partial charge on any atom is -0.454 e. The van der Waals surface area contributed by atoms with Crippen LogP contribution in [0, 0.1) is 0 Å². The molecule has 0 spiro atoms. The lowest BCUT2D eigenvalue weighted by Crippen LogP contribution is -2.44. The number of ether oxygens (including phenoxy) is 2. The fourth-order valence-electron chi connectivity index (χ4n) is 4.13. The third-order valence-corrected chi connectivity index (χ3v) is 5.53. The van der Waals surface area contributed by atoms with Crippen LogP contribution in [0.5, 0.6) is 11.5 Å². The Bertz CT molecular complexity index is 1130. The van der Waals surface area contributed by atoms with Crippen LogP contribution in [0.1, 0.15) is 33.4 Å². The van der Waals surface area contributed by atoms with Gasteiger partial charge in [0.2, 0.25) is 12.7 Å². The molecular formula is C23H19N3O4. The summed E-state index contributed by atoms with van der Waals surface area (Å²) in [4.78, 5) is 32.2. The maximum atomic E-state index is 13.5. The number of aromatic nitrogens is 1. The van der Waals surface area contributed by atoms with Crippen molar-refractivity contribution in [2.24, 2.45) is 0 Å². The number of hydrogen-bond acceptors (Lipinski definition) is 5. The predicted octanol–water partition coefficient (Wildman–Crippen LogP) is 3.36. The number of rotatable bonds is 3. The van der Waals surface area contributed by atoms with Crippen LogP contribution in [-0.2, 0) is 4.79 Å². The van der Waals surface area contributed by atoms with Crippen molar-refractivity contribution >= 4 is 17.5 Å². The number of likely N-dealkylation sites (N-methyl/N-ethyl adjacent to an activating group) is 1. The van der Waals surface area contributed by atoms with E-state index in [4.69, 9.17) is 9.47 Å². The summed E-state index contributed by atoms with van der Waals surface area (Å²) in [5.41, 5.74) is 2.63. The van der Waals surface area contributed by atoms with Crippen molar-refractivity contribution in [3.05, 3.63) is 83.7 Å². The molecule has 0 aliphatic carbocycles. The summed E-state index contributed by atoms with van der Waals surface area (Å²) in [6.07, 6.45) is 3.24. The van der Waals surface area contributed by atoms with E-state index in [2.05, 4.69) is 10.3 Å². The second kappa shape index (κ2) is 7.18. The highest BCUT2D eigenvalue weighted by molar-refractivity contribution is 6.04. The fourth-order valence-corrected chi connectivity index (χ4v) is 4.13. The fraction of sp³-hybridized carbons (Fsp3) is 0.174. The standard InChI is InChI=1S/C23H19N3O4/c1-26-21(14-8-9-18-19(11-14)30-13-29-18)20(16-6-2-3-7-17(16)23(26)28)22(27)25-15-5-4-10-24-12-15/h2-12,20-21H,13H2,1H3,(H,25,27)/t20-,21-/m1/s1. The average Bonchev–Trinajstić information content (AvgIpc) is 3.24. The normalized spacial score (nSPS) is 19.4. The number of carbonyl (C=O) groups excluding carboxylic acids is 2. The number of carbonyl (C=O) groups is 2. The molecule has 1 N–H and O–H groups in total. The Morgan fingerprint density at radius 3 is 2.77 bits per heavy atom. The number of nitrogens with zero attached hydrogens (tertiary/aromatic N) is 2. The Kier molecular flexibility index (Phi) is 4.35. The lowest BCUT2D eigenvalue weighted by molar-refractivity contribution is -0.119. The number of fused-ring (bicyclic) bond motifs is 2. The molecule has 0 saturated carbocycles. The molecule has 2 aromatic carbocycles. The number of amides is 2. The number of hydrogen-bond donors (Lipinski definition) is 1. The largest absolute Gasteiger partial charge is 0.454 e. The molecule has 3 aromatic rings. The van der Waals surface area contributed by atoms with Gasteiger partial charge in [0.25, 0.3) is 5.91 Å². The molecule has 2 atom stereocenters. The van der Waals surface area contributed by atoms with Gasteiger partial charge in [-0.05, 0) is 41.5 Å². The van der Waals surface area contributed by atoms with Crippen molar-refractivity contribution in [2.45, 2.75) is 12.0 Å². The molecule has 0 fully saturated rings. The van der Waals surface area contributed by atoms with Crippen LogP contribution in [0.4, 0.5) is 5.69 Å². The molecule has 2 aliphatic heterocycles. The van der Waals surface area contributed by atoms with Gasteiger partial charge in [-0.15, -0.1) is 0 Å². The molecule has 3 heterocycles. The van der Waals surface area contributed by atoms with Crippen LogP contribution in [0.25, 0.3) is 0 Å². The lowest BCUT2D eigenvalue weighted by Gasteiger charge is -2.39. The van der Waals surface area contributed by atoms with Crippen LogP contribution in [0.3, 0.4) is 0 Å². The summed E-state index contributed by atoms with van der Waals surface area (Å²) in [6, 6.07) is 15.8. The van der Waals surface area contributed by atoms with Crippen molar-refractivity contribution < 1.29 is 19.1 Å². The Balaban J connectivity index is 1.61. The summed E-state index contributed by atoms with van der Waals surface area (Å²) in [5.74, 6) is 0.319. The molecule has 1 aromatic heterocycles. The van der Waals surface area contributed by atoms with E-state index in [-0.39, 0.29) is 18.6 Å². The molecular weight excluding hydrogens is 382 g/mol. The molecule has 2 aliphatic rings. The lowest BCUT2D eigenvalue weighted by atomic mass is 9.79. The van der Waals surface area contributed by atoms with Gasteiger partial charge >= 0.3 is 0 Å². The van der Waals surface area contributed by atoms with Crippen molar-refractivity contribution in [1.29, 1.82) is 0 Å². The molecule has 0 unspecified atom stereocenters. The van der Waals surface area contributed by atoms with Gasteiger partial charge in [0.1, 0.15) is 0 Å². The third kappa shape index (κ3) is 2.95. The smallest absolute Gasteiger partial charge is 0.254 e. The maximum absolute atomic E-state index is 13.5. The topological polar surface area (TPSA) is 80.8 Å². The van der Waals surface area contributed by atoms with E-state index in [1.54, 1.807) is 42.5 Å². The van der Waals surface area contributed by atoms with E-state index in [1.807, 2.05) is 36.4 Å². The first-order valence-electron chi connectivity index (χ1n) is 9.60. The van der Waals surface area contributed by atoms with Crippen LogP contribution in [0.2, 0.25) is 0 Å². The quantitative estimate of drug-likeness (QED) is 0.728. The molecule has 30 heavy (non-hydrogen) atoms. The highest BCUT2D eigenvalue weighted by atomic mass is 16.7.